The Balaban J connectivity index is 1.59. The van der Waals surface area contributed by atoms with Gasteiger partial charge >= 0.3 is 0 Å². The first kappa shape index (κ1) is 13.7. The maximum atomic E-state index is 12.5. The molecule has 0 bridgehead atoms. The number of fused-ring (bicyclic) bond motifs is 1. The number of hydrazine groups is 1. The first-order valence-corrected chi connectivity index (χ1v) is 7.44. The molecule has 1 unspecified atom stereocenters. The fraction of sp³-hybridized carbons (Fsp3) is 0.158. The third-order valence-electron chi connectivity index (χ3n) is 4.19. The van der Waals surface area contributed by atoms with Gasteiger partial charge in [0.25, 0.3) is 11.8 Å². The molecule has 112 valence electrons. The summed E-state index contributed by atoms with van der Waals surface area (Å²) in [5, 5.41) is 2.96. The molecule has 2 atom stereocenters. The summed E-state index contributed by atoms with van der Waals surface area (Å²) in [4.78, 5) is 24.9. The minimum absolute atomic E-state index is 0.268. The zero-order valence-corrected chi connectivity index (χ0v) is 12.6. The van der Waals surface area contributed by atoms with Gasteiger partial charge in [-0.15, -0.1) is 0 Å². The van der Waals surface area contributed by atoms with Crippen LogP contribution in [0.3, 0.4) is 0 Å². The molecule has 2 aromatic carbocycles. The largest absolute Gasteiger partial charge is 0.276 e. The molecule has 0 N–H and O–H groups in total. The number of imide groups is 1. The van der Waals surface area contributed by atoms with Gasteiger partial charge in [-0.3, -0.25) is 9.59 Å². The monoisotopic (exact) mass is 302 g/mol. The summed E-state index contributed by atoms with van der Waals surface area (Å²) in [7, 11) is 0. The number of hydrogen-bond donors (Lipinski definition) is 0. The molecule has 0 radical (unpaired) electrons. The molecule has 0 aromatic heterocycles. The van der Waals surface area contributed by atoms with E-state index in [4.69, 9.17) is 0 Å². The van der Waals surface area contributed by atoms with Crippen LogP contribution in [-0.2, 0) is 0 Å². The van der Waals surface area contributed by atoms with Crippen LogP contribution < -0.4 is 0 Å². The van der Waals surface area contributed by atoms with E-state index in [0.29, 0.717) is 17.7 Å². The zero-order valence-electron chi connectivity index (χ0n) is 12.6. The van der Waals surface area contributed by atoms with Crippen molar-refractivity contribution in [2.24, 2.45) is 0 Å². The standard InChI is InChI=1S/C19H14N2O2/c1-19(12-11-14-7-3-2-4-8-14)13-20(19)21-17(22)15-9-5-6-10-16(15)18(21)23/h2-10H,13H2,1H3/t19-,20?/m0/s1. The topological polar surface area (TPSA) is 40.4 Å². The second kappa shape index (κ2) is 4.80. The van der Waals surface area contributed by atoms with Gasteiger partial charge < -0.3 is 0 Å². The molecule has 2 aromatic rings. The molecule has 1 fully saturated rings. The third kappa shape index (κ3) is 2.14. The molecule has 0 saturated carbocycles. The van der Waals surface area contributed by atoms with Crippen LogP contribution in [0.15, 0.2) is 54.6 Å². The molecule has 4 rings (SSSR count). The van der Waals surface area contributed by atoms with Crippen LogP contribution in [0.4, 0.5) is 0 Å². The summed E-state index contributed by atoms with van der Waals surface area (Å²) < 4.78 is 0. The van der Waals surface area contributed by atoms with E-state index >= 15 is 0 Å². The first-order valence-electron chi connectivity index (χ1n) is 7.44. The fourth-order valence-electron chi connectivity index (χ4n) is 2.78. The van der Waals surface area contributed by atoms with Crippen LogP contribution in [-0.4, -0.2) is 33.9 Å². The molecule has 0 spiro atoms. The number of carbonyl (C=O) groups is 2. The van der Waals surface area contributed by atoms with Crippen LogP contribution in [0.25, 0.3) is 0 Å². The number of rotatable bonds is 1. The van der Waals surface area contributed by atoms with E-state index in [9.17, 15) is 9.59 Å². The second-order valence-electron chi connectivity index (χ2n) is 5.92. The lowest BCUT2D eigenvalue weighted by Crippen LogP contribution is -2.38. The van der Waals surface area contributed by atoms with Crippen molar-refractivity contribution < 1.29 is 9.59 Å². The minimum atomic E-state index is -0.483. The van der Waals surface area contributed by atoms with E-state index in [1.54, 1.807) is 29.3 Å². The molecular formula is C19H14N2O2. The van der Waals surface area contributed by atoms with Crippen LogP contribution in [0.1, 0.15) is 33.2 Å². The maximum absolute atomic E-state index is 12.5. The Kier molecular flexibility index (Phi) is 2.87. The van der Waals surface area contributed by atoms with Crippen LogP contribution in [0.5, 0.6) is 0 Å². The van der Waals surface area contributed by atoms with E-state index < -0.39 is 5.54 Å². The van der Waals surface area contributed by atoms with Gasteiger partial charge in [0.15, 0.2) is 0 Å². The lowest BCUT2D eigenvalue weighted by molar-refractivity contribution is 0.0350. The summed E-state index contributed by atoms with van der Waals surface area (Å²) in [5.74, 6) is 5.75. The van der Waals surface area contributed by atoms with Gasteiger partial charge in [0, 0.05) is 5.56 Å². The van der Waals surface area contributed by atoms with Crippen molar-refractivity contribution in [2.75, 3.05) is 6.54 Å². The van der Waals surface area contributed by atoms with Crippen molar-refractivity contribution in [3.63, 3.8) is 0 Å². The van der Waals surface area contributed by atoms with E-state index in [2.05, 4.69) is 11.8 Å². The van der Waals surface area contributed by atoms with Gasteiger partial charge in [-0.25, -0.2) is 5.01 Å². The number of benzene rings is 2. The van der Waals surface area contributed by atoms with Crippen molar-refractivity contribution in [2.45, 2.75) is 12.5 Å². The maximum Gasteiger partial charge on any atom is 0.276 e. The predicted octanol–water partition coefficient (Wildman–Crippen LogP) is 2.32. The second-order valence-corrected chi connectivity index (χ2v) is 5.92. The molecule has 2 aliphatic rings. The zero-order chi connectivity index (χ0) is 16.0. The van der Waals surface area contributed by atoms with E-state index in [1.807, 2.05) is 37.3 Å². The van der Waals surface area contributed by atoms with E-state index in [-0.39, 0.29) is 11.8 Å². The molecule has 2 aliphatic heterocycles. The molecule has 23 heavy (non-hydrogen) atoms. The number of nitrogens with zero attached hydrogens (tertiary/aromatic N) is 2. The third-order valence-corrected chi connectivity index (χ3v) is 4.19. The summed E-state index contributed by atoms with van der Waals surface area (Å²) in [5.41, 5.74) is 1.36. The Morgan fingerprint density at radius 1 is 0.913 bits per heavy atom. The Morgan fingerprint density at radius 2 is 1.48 bits per heavy atom. The molecule has 4 heteroatoms. The Labute approximate surface area is 134 Å². The molecular weight excluding hydrogens is 288 g/mol. The normalized spacial score (nSPS) is 24.9. The van der Waals surface area contributed by atoms with Crippen molar-refractivity contribution in [1.82, 2.24) is 10.0 Å². The highest BCUT2D eigenvalue weighted by Gasteiger charge is 2.56. The highest BCUT2D eigenvalue weighted by Crippen LogP contribution is 2.37. The quantitative estimate of drug-likeness (QED) is 0.461. The van der Waals surface area contributed by atoms with Gasteiger partial charge in [0.1, 0.15) is 5.54 Å². The van der Waals surface area contributed by atoms with Crippen molar-refractivity contribution >= 4 is 11.8 Å². The average Bonchev–Trinajstić information content (AvgIpc) is 3.17. The fourth-order valence-corrected chi connectivity index (χ4v) is 2.78. The van der Waals surface area contributed by atoms with Crippen molar-refractivity contribution in [3.8, 4) is 11.8 Å². The number of hydrogen-bond acceptors (Lipinski definition) is 3. The molecule has 2 amide bonds. The Hall–Kier alpha value is -2.90. The smallest absolute Gasteiger partial charge is 0.267 e. The first-order chi connectivity index (χ1) is 11.1. The summed E-state index contributed by atoms with van der Waals surface area (Å²) in [6, 6.07) is 16.6. The lowest BCUT2D eigenvalue weighted by Gasteiger charge is -2.17. The van der Waals surface area contributed by atoms with E-state index in [0.717, 1.165) is 5.56 Å². The van der Waals surface area contributed by atoms with Gasteiger partial charge in [-0.2, -0.15) is 5.01 Å². The number of amides is 2. The van der Waals surface area contributed by atoms with E-state index in [1.165, 1.54) is 5.01 Å². The molecule has 1 saturated heterocycles. The average molecular weight is 302 g/mol. The SMILES string of the molecule is C[C@]1(C#Cc2ccccc2)CN1N1C(=O)c2ccccc2C1=O. The number of carbonyl (C=O) groups excluding carboxylic acids is 2. The molecule has 2 heterocycles. The summed E-state index contributed by atoms with van der Waals surface area (Å²) in [6.45, 7) is 2.50. The highest BCUT2D eigenvalue weighted by atomic mass is 16.2. The van der Waals surface area contributed by atoms with Gasteiger partial charge in [-0.05, 0) is 31.2 Å². The van der Waals surface area contributed by atoms with Crippen molar-refractivity contribution in [3.05, 3.63) is 71.3 Å². The Bertz CT molecular complexity index is 844. The highest BCUT2D eigenvalue weighted by molar-refractivity contribution is 6.21. The van der Waals surface area contributed by atoms with Crippen LogP contribution >= 0.6 is 0 Å². The predicted molar refractivity (Wildman–Crippen MR) is 85.4 cm³/mol. The lowest BCUT2D eigenvalue weighted by atomic mass is 10.1. The van der Waals surface area contributed by atoms with Gasteiger partial charge in [0.05, 0.1) is 17.7 Å². The molecule has 0 aliphatic carbocycles. The van der Waals surface area contributed by atoms with Gasteiger partial charge in [0.2, 0.25) is 0 Å². The van der Waals surface area contributed by atoms with Crippen molar-refractivity contribution in [1.29, 1.82) is 0 Å². The van der Waals surface area contributed by atoms with Crippen LogP contribution in [0, 0.1) is 11.8 Å². The van der Waals surface area contributed by atoms with Gasteiger partial charge in [-0.1, -0.05) is 42.2 Å². The minimum Gasteiger partial charge on any atom is -0.267 e. The summed E-state index contributed by atoms with van der Waals surface area (Å²) >= 11 is 0. The molecule has 4 nitrogen and oxygen atoms in total. The Morgan fingerprint density at radius 3 is 2.09 bits per heavy atom. The summed E-state index contributed by atoms with van der Waals surface area (Å²) in [6.07, 6.45) is 0. The van der Waals surface area contributed by atoms with Crippen LogP contribution in [0.2, 0.25) is 0 Å².